The summed E-state index contributed by atoms with van der Waals surface area (Å²) in [5, 5.41) is 3.55. The molecule has 0 saturated heterocycles. The molecule has 1 aromatic heterocycles. The number of hydrogen-bond donors (Lipinski definition) is 1. The van der Waals surface area contributed by atoms with Crippen molar-refractivity contribution < 1.29 is 17.7 Å². The molecule has 7 heteroatoms. The Labute approximate surface area is 101 Å². The highest BCUT2D eigenvalue weighted by Gasteiger charge is 2.17. The topological polar surface area (TPSA) is 64.9 Å². The van der Waals surface area contributed by atoms with Gasteiger partial charge in [0, 0.05) is 5.56 Å². The van der Waals surface area contributed by atoms with E-state index in [0.717, 1.165) is 12.1 Å². The van der Waals surface area contributed by atoms with Crippen molar-refractivity contribution in [2.24, 2.45) is 5.73 Å². The number of halogens is 3. The lowest BCUT2D eigenvalue weighted by atomic mass is 10.2. The van der Waals surface area contributed by atoms with Crippen LogP contribution in [0.1, 0.15) is 25.3 Å². The molecule has 18 heavy (non-hydrogen) atoms. The van der Waals surface area contributed by atoms with Crippen LogP contribution in [0.3, 0.4) is 0 Å². The zero-order valence-electron chi connectivity index (χ0n) is 9.45. The zero-order chi connectivity index (χ0) is 13.3. The van der Waals surface area contributed by atoms with Crippen LogP contribution >= 0.6 is 0 Å². The Morgan fingerprint density at radius 2 is 1.89 bits per heavy atom. The number of aromatic nitrogens is 2. The van der Waals surface area contributed by atoms with Gasteiger partial charge in [-0.2, -0.15) is 4.98 Å². The van der Waals surface area contributed by atoms with Crippen molar-refractivity contribution >= 4 is 0 Å². The predicted octanol–water partition coefficient (Wildman–Crippen LogP) is 2.56. The third-order valence-corrected chi connectivity index (χ3v) is 2.44. The van der Waals surface area contributed by atoms with Crippen LogP contribution in [-0.2, 0) is 0 Å². The van der Waals surface area contributed by atoms with Gasteiger partial charge >= 0.3 is 0 Å². The van der Waals surface area contributed by atoms with Gasteiger partial charge in [0.25, 0.3) is 0 Å². The Bertz CT molecular complexity index is 547. The van der Waals surface area contributed by atoms with E-state index in [1.54, 1.807) is 0 Å². The molecule has 0 radical (unpaired) electrons. The van der Waals surface area contributed by atoms with Gasteiger partial charge in [-0.3, -0.25) is 0 Å². The van der Waals surface area contributed by atoms with Gasteiger partial charge < -0.3 is 10.3 Å². The number of nitrogens with two attached hydrogens (primary N) is 1. The van der Waals surface area contributed by atoms with Gasteiger partial charge in [-0.05, 0) is 18.6 Å². The number of benzene rings is 1. The van der Waals surface area contributed by atoms with Crippen molar-refractivity contribution in [2.45, 2.75) is 19.4 Å². The summed E-state index contributed by atoms with van der Waals surface area (Å²) < 4.78 is 43.7. The Hall–Kier alpha value is -1.89. The molecule has 1 aromatic carbocycles. The van der Waals surface area contributed by atoms with Crippen molar-refractivity contribution in [3.63, 3.8) is 0 Å². The lowest BCUT2D eigenvalue weighted by Crippen LogP contribution is -2.08. The van der Waals surface area contributed by atoms with Crippen LogP contribution in [0, 0.1) is 17.5 Å². The monoisotopic (exact) mass is 257 g/mol. The lowest BCUT2D eigenvalue weighted by molar-refractivity contribution is 0.352. The molecule has 4 nitrogen and oxygen atoms in total. The Kier molecular flexibility index (Phi) is 3.33. The van der Waals surface area contributed by atoms with E-state index in [9.17, 15) is 13.2 Å². The fourth-order valence-corrected chi connectivity index (χ4v) is 1.36. The molecule has 96 valence electrons. The van der Waals surface area contributed by atoms with Crippen LogP contribution < -0.4 is 5.73 Å². The largest absolute Gasteiger partial charge is 0.337 e. The molecule has 0 spiro atoms. The summed E-state index contributed by atoms with van der Waals surface area (Å²) in [6.45, 7) is 1.83. The predicted molar refractivity (Wildman–Crippen MR) is 56.8 cm³/mol. The second kappa shape index (κ2) is 4.77. The van der Waals surface area contributed by atoms with E-state index in [1.807, 2.05) is 6.92 Å². The SMILES string of the molecule is CC[C@H](N)c1nc(-c2cc(F)c(F)c(F)c2)no1. The fraction of sp³-hybridized carbons (Fsp3) is 0.273. The fourth-order valence-electron chi connectivity index (χ4n) is 1.36. The van der Waals surface area contributed by atoms with Crippen molar-refractivity contribution in [2.75, 3.05) is 0 Å². The first-order valence-corrected chi connectivity index (χ1v) is 5.27. The molecule has 0 fully saturated rings. The van der Waals surface area contributed by atoms with E-state index in [1.165, 1.54) is 0 Å². The summed E-state index contributed by atoms with van der Waals surface area (Å²) in [6.07, 6.45) is 0.577. The average molecular weight is 257 g/mol. The van der Waals surface area contributed by atoms with Crippen molar-refractivity contribution in [1.29, 1.82) is 0 Å². The van der Waals surface area contributed by atoms with Crippen molar-refractivity contribution in [1.82, 2.24) is 10.1 Å². The van der Waals surface area contributed by atoms with E-state index in [2.05, 4.69) is 10.1 Å². The Morgan fingerprint density at radius 1 is 1.28 bits per heavy atom. The van der Waals surface area contributed by atoms with Crippen LogP contribution in [0.5, 0.6) is 0 Å². The van der Waals surface area contributed by atoms with Crippen LogP contribution in [-0.4, -0.2) is 10.1 Å². The minimum absolute atomic E-state index is 0.00953. The van der Waals surface area contributed by atoms with E-state index in [-0.39, 0.29) is 17.3 Å². The van der Waals surface area contributed by atoms with Gasteiger partial charge in [0.2, 0.25) is 11.7 Å². The second-order valence-corrected chi connectivity index (χ2v) is 3.72. The molecule has 0 bridgehead atoms. The number of rotatable bonds is 3. The quantitative estimate of drug-likeness (QED) is 0.858. The third kappa shape index (κ3) is 2.21. The van der Waals surface area contributed by atoms with E-state index in [4.69, 9.17) is 10.3 Å². The summed E-state index contributed by atoms with van der Waals surface area (Å²) in [5.41, 5.74) is 5.66. The Morgan fingerprint density at radius 3 is 2.44 bits per heavy atom. The first kappa shape index (κ1) is 12.6. The molecule has 2 N–H and O–H groups in total. The highest BCUT2D eigenvalue weighted by molar-refractivity contribution is 5.54. The molecular weight excluding hydrogens is 247 g/mol. The number of hydrogen-bond acceptors (Lipinski definition) is 4. The van der Waals surface area contributed by atoms with Gasteiger partial charge in [-0.25, -0.2) is 13.2 Å². The zero-order valence-corrected chi connectivity index (χ0v) is 9.45. The Balaban J connectivity index is 2.40. The highest BCUT2D eigenvalue weighted by atomic mass is 19.2. The molecule has 2 rings (SSSR count). The van der Waals surface area contributed by atoms with E-state index >= 15 is 0 Å². The van der Waals surface area contributed by atoms with Crippen LogP contribution in [0.25, 0.3) is 11.4 Å². The van der Waals surface area contributed by atoms with Crippen molar-refractivity contribution in [3.8, 4) is 11.4 Å². The molecule has 0 aliphatic carbocycles. The van der Waals surface area contributed by atoms with Crippen molar-refractivity contribution in [3.05, 3.63) is 35.5 Å². The minimum atomic E-state index is -1.53. The average Bonchev–Trinajstić information content (AvgIpc) is 2.84. The van der Waals surface area contributed by atoms with Gasteiger partial charge in [0.15, 0.2) is 17.5 Å². The standard InChI is InChI=1S/C11H10F3N3O/c1-2-8(15)11-16-10(17-18-11)5-3-6(12)9(14)7(13)4-5/h3-4,8H,2,15H2,1H3/t8-/m0/s1. The van der Waals surface area contributed by atoms with Gasteiger partial charge in [0.05, 0.1) is 6.04 Å². The maximum Gasteiger partial charge on any atom is 0.243 e. The molecule has 2 aromatic rings. The molecule has 0 unspecified atom stereocenters. The highest BCUT2D eigenvalue weighted by Crippen LogP contribution is 2.22. The van der Waals surface area contributed by atoms with Gasteiger partial charge in [-0.1, -0.05) is 12.1 Å². The summed E-state index contributed by atoms with van der Waals surface area (Å²) in [5.74, 6) is -4.02. The third-order valence-electron chi connectivity index (χ3n) is 2.44. The summed E-state index contributed by atoms with van der Waals surface area (Å²) in [7, 11) is 0. The van der Waals surface area contributed by atoms with E-state index in [0.29, 0.717) is 6.42 Å². The first-order chi connectivity index (χ1) is 8.52. The summed E-state index contributed by atoms with van der Waals surface area (Å²) in [4.78, 5) is 3.90. The number of nitrogens with zero attached hydrogens (tertiary/aromatic N) is 2. The molecule has 0 aliphatic heterocycles. The van der Waals surface area contributed by atoms with Crippen LogP contribution in [0.2, 0.25) is 0 Å². The summed E-state index contributed by atoms with van der Waals surface area (Å²) >= 11 is 0. The van der Waals surface area contributed by atoms with Gasteiger partial charge in [-0.15, -0.1) is 0 Å². The first-order valence-electron chi connectivity index (χ1n) is 5.27. The lowest BCUT2D eigenvalue weighted by Gasteiger charge is -2.00. The second-order valence-electron chi connectivity index (χ2n) is 3.72. The maximum absolute atomic E-state index is 13.0. The normalized spacial score (nSPS) is 12.7. The minimum Gasteiger partial charge on any atom is -0.337 e. The maximum atomic E-state index is 13.0. The van der Waals surface area contributed by atoms with Crippen LogP contribution in [0.15, 0.2) is 16.7 Å². The molecule has 0 aliphatic rings. The van der Waals surface area contributed by atoms with E-state index < -0.39 is 23.5 Å². The van der Waals surface area contributed by atoms with Crippen LogP contribution in [0.4, 0.5) is 13.2 Å². The summed E-state index contributed by atoms with van der Waals surface area (Å²) in [6, 6.07) is 1.15. The van der Waals surface area contributed by atoms with Gasteiger partial charge in [0.1, 0.15) is 0 Å². The molecule has 1 atom stereocenters. The smallest absolute Gasteiger partial charge is 0.243 e. The molecular formula is C11H10F3N3O. The molecule has 0 amide bonds. The molecule has 1 heterocycles. The molecule has 0 saturated carbocycles.